The second-order valence-corrected chi connectivity index (χ2v) is 6.30. The van der Waals surface area contributed by atoms with Crippen molar-refractivity contribution >= 4 is 27.1 Å². The monoisotopic (exact) mass is 306 g/mol. The average Bonchev–Trinajstić information content (AvgIpc) is 3.00. The normalized spacial score (nSPS) is 31.1. The van der Waals surface area contributed by atoms with Crippen LogP contribution in [0.1, 0.15) is 31.1 Å². The topological polar surface area (TPSA) is 53.6 Å². The largest absolute Gasteiger partial charge is 0.339 e. The minimum Gasteiger partial charge on any atom is -0.339 e. The zero-order chi connectivity index (χ0) is 12.1. The fourth-order valence-electron chi connectivity index (χ4n) is 3.53. The van der Waals surface area contributed by atoms with Gasteiger partial charge in [0.1, 0.15) is 5.82 Å². The van der Waals surface area contributed by atoms with Gasteiger partial charge >= 0.3 is 0 Å². The average molecular weight is 307 g/mol. The molecule has 4 nitrogen and oxygen atoms in total. The summed E-state index contributed by atoms with van der Waals surface area (Å²) in [6, 6.07) is 2.44. The predicted molar refractivity (Wildman–Crippen MR) is 73.2 cm³/mol. The molecule has 5 heteroatoms. The summed E-state index contributed by atoms with van der Waals surface area (Å²) < 4.78 is 0.989. The Balaban J connectivity index is 1.74. The van der Waals surface area contributed by atoms with Crippen molar-refractivity contribution in [3.63, 3.8) is 0 Å². The first-order valence-electron chi connectivity index (χ1n) is 6.56. The van der Waals surface area contributed by atoms with Crippen molar-refractivity contribution < 1.29 is 0 Å². The Bertz CT molecular complexity index is 594. The maximum Gasteiger partial charge on any atom is 0.177 e. The molecule has 2 aromatic heterocycles. The summed E-state index contributed by atoms with van der Waals surface area (Å²) >= 11 is 3.44. The van der Waals surface area contributed by atoms with E-state index in [-0.39, 0.29) is 0 Å². The van der Waals surface area contributed by atoms with Gasteiger partial charge in [0.2, 0.25) is 0 Å². The Morgan fingerprint density at radius 2 is 2.28 bits per heavy atom. The lowest BCUT2D eigenvalue weighted by atomic mass is 9.94. The number of rotatable bonds is 1. The van der Waals surface area contributed by atoms with Crippen LogP contribution in [0.25, 0.3) is 11.2 Å². The van der Waals surface area contributed by atoms with Crippen LogP contribution in [0.15, 0.2) is 16.7 Å². The lowest BCUT2D eigenvalue weighted by molar-refractivity contribution is 0.410. The van der Waals surface area contributed by atoms with Crippen molar-refractivity contribution in [3.05, 3.63) is 22.6 Å². The molecule has 2 fully saturated rings. The first-order valence-corrected chi connectivity index (χ1v) is 7.35. The summed E-state index contributed by atoms with van der Waals surface area (Å²) in [5.74, 6) is 2.67. The molecule has 3 heterocycles. The maximum atomic E-state index is 4.65. The van der Waals surface area contributed by atoms with Crippen LogP contribution in [-0.4, -0.2) is 21.5 Å². The molecule has 18 heavy (non-hydrogen) atoms. The number of imidazole rings is 1. The zero-order valence-corrected chi connectivity index (χ0v) is 11.6. The highest BCUT2D eigenvalue weighted by atomic mass is 79.9. The van der Waals surface area contributed by atoms with Gasteiger partial charge in [-0.3, -0.25) is 0 Å². The Hall–Kier alpha value is -0.940. The third-order valence-electron chi connectivity index (χ3n) is 4.36. The lowest BCUT2D eigenvalue weighted by Gasteiger charge is -2.15. The second-order valence-electron chi connectivity index (χ2n) is 5.39. The predicted octanol–water partition coefficient (Wildman–Crippen LogP) is 2.78. The Kier molecular flexibility index (Phi) is 2.45. The zero-order valence-electron chi connectivity index (χ0n) is 9.99. The van der Waals surface area contributed by atoms with Crippen molar-refractivity contribution in [3.8, 4) is 0 Å². The van der Waals surface area contributed by atoms with Crippen LogP contribution in [0.3, 0.4) is 0 Å². The van der Waals surface area contributed by atoms with Crippen molar-refractivity contribution in [2.45, 2.75) is 25.3 Å². The SMILES string of the molecule is Brc1cnc2nc(C3NCC4CCCC43)[nH]c2c1. The van der Waals surface area contributed by atoms with Crippen LogP contribution < -0.4 is 5.32 Å². The van der Waals surface area contributed by atoms with E-state index in [4.69, 9.17) is 0 Å². The summed E-state index contributed by atoms with van der Waals surface area (Å²) in [4.78, 5) is 12.4. The van der Waals surface area contributed by atoms with E-state index in [1.807, 2.05) is 6.07 Å². The molecule has 0 bridgehead atoms. The number of H-pyrrole nitrogens is 1. The van der Waals surface area contributed by atoms with Crippen LogP contribution in [0.2, 0.25) is 0 Å². The van der Waals surface area contributed by atoms with Crippen molar-refractivity contribution in [1.82, 2.24) is 20.3 Å². The molecule has 1 aliphatic carbocycles. The molecular weight excluding hydrogens is 292 g/mol. The van der Waals surface area contributed by atoms with Crippen LogP contribution >= 0.6 is 15.9 Å². The summed E-state index contributed by atoms with van der Waals surface area (Å²) in [6.07, 6.45) is 5.87. The van der Waals surface area contributed by atoms with Crippen molar-refractivity contribution in [1.29, 1.82) is 0 Å². The first-order chi connectivity index (χ1) is 8.81. The molecule has 0 radical (unpaired) electrons. The summed E-state index contributed by atoms with van der Waals surface area (Å²) in [5, 5.41) is 3.62. The number of nitrogens with one attached hydrogen (secondary N) is 2. The third kappa shape index (κ3) is 1.61. The minimum absolute atomic E-state index is 0.394. The molecule has 1 saturated heterocycles. The number of fused-ring (bicyclic) bond motifs is 2. The standard InChI is InChI=1S/C13H15BrN4/c14-8-4-10-12(16-6-8)18-13(17-10)11-9-3-1-2-7(9)5-15-11/h4,6-7,9,11,15H,1-3,5H2,(H,16,17,18). The van der Waals surface area contributed by atoms with E-state index in [0.29, 0.717) is 6.04 Å². The van der Waals surface area contributed by atoms with E-state index >= 15 is 0 Å². The van der Waals surface area contributed by atoms with Gasteiger partial charge in [0.05, 0.1) is 11.6 Å². The third-order valence-corrected chi connectivity index (χ3v) is 4.80. The van der Waals surface area contributed by atoms with Crippen molar-refractivity contribution in [2.24, 2.45) is 11.8 Å². The maximum absolute atomic E-state index is 4.65. The van der Waals surface area contributed by atoms with Crippen LogP contribution in [0.4, 0.5) is 0 Å². The fourth-order valence-corrected chi connectivity index (χ4v) is 3.86. The van der Waals surface area contributed by atoms with Gasteiger partial charge in [0, 0.05) is 10.7 Å². The van der Waals surface area contributed by atoms with E-state index in [1.54, 1.807) is 6.20 Å². The number of hydrogen-bond donors (Lipinski definition) is 2. The van der Waals surface area contributed by atoms with E-state index in [1.165, 1.54) is 19.3 Å². The quantitative estimate of drug-likeness (QED) is 0.852. The second kappa shape index (κ2) is 4.03. The number of pyridine rings is 1. The molecule has 0 spiro atoms. The molecule has 94 valence electrons. The van der Waals surface area contributed by atoms with E-state index < -0.39 is 0 Å². The smallest absolute Gasteiger partial charge is 0.177 e. The Morgan fingerprint density at radius 1 is 1.33 bits per heavy atom. The molecule has 0 amide bonds. The Morgan fingerprint density at radius 3 is 3.22 bits per heavy atom. The van der Waals surface area contributed by atoms with Gasteiger partial charge in [-0.15, -0.1) is 0 Å². The van der Waals surface area contributed by atoms with Gasteiger partial charge in [0.15, 0.2) is 5.65 Å². The van der Waals surface area contributed by atoms with Crippen molar-refractivity contribution in [2.75, 3.05) is 6.54 Å². The fraction of sp³-hybridized carbons (Fsp3) is 0.538. The highest BCUT2D eigenvalue weighted by Gasteiger charge is 2.40. The van der Waals surface area contributed by atoms with E-state index in [9.17, 15) is 0 Å². The lowest BCUT2D eigenvalue weighted by Crippen LogP contribution is -2.19. The van der Waals surface area contributed by atoms with Crippen LogP contribution in [0, 0.1) is 11.8 Å². The summed E-state index contributed by atoms with van der Waals surface area (Å²) in [7, 11) is 0. The number of aromatic nitrogens is 3. The number of halogens is 1. The molecule has 3 atom stereocenters. The molecule has 4 rings (SSSR count). The summed E-state index contributed by atoms with van der Waals surface area (Å²) in [6.45, 7) is 1.14. The molecule has 2 aliphatic rings. The Labute approximate surface area is 114 Å². The van der Waals surface area contributed by atoms with Crippen LogP contribution in [-0.2, 0) is 0 Å². The minimum atomic E-state index is 0.394. The molecule has 0 aromatic carbocycles. The van der Waals surface area contributed by atoms with Gasteiger partial charge in [-0.2, -0.15) is 0 Å². The van der Waals surface area contributed by atoms with E-state index in [2.05, 4.69) is 36.2 Å². The number of nitrogens with zero attached hydrogens (tertiary/aromatic N) is 2. The first kappa shape index (κ1) is 10.9. The van der Waals surface area contributed by atoms with Gasteiger partial charge in [-0.25, -0.2) is 9.97 Å². The molecular formula is C13H15BrN4. The van der Waals surface area contributed by atoms with Gasteiger partial charge in [-0.05, 0) is 53.2 Å². The van der Waals surface area contributed by atoms with Gasteiger partial charge in [0.25, 0.3) is 0 Å². The summed E-state index contributed by atoms with van der Waals surface area (Å²) in [5.41, 5.74) is 1.83. The number of aromatic amines is 1. The highest BCUT2D eigenvalue weighted by molar-refractivity contribution is 9.10. The molecule has 1 saturated carbocycles. The molecule has 1 aliphatic heterocycles. The highest BCUT2D eigenvalue weighted by Crippen LogP contribution is 2.43. The van der Waals surface area contributed by atoms with Crippen LogP contribution in [0.5, 0.6) is 0 Å². The molecule has 3 unspecified atom stereocenters. The van der Waals surface area contributed by atoms with E-state index in [0.717, 1.165) is 39.8 Å². The van der Waals surface area contributed by atoms with Gasteiger partial charge in [-0.1, -0.05) is 6.42 Å². The van der Waals surface area contributed by atoms with Gasteiger partial charge < -0.3 is 10.3 Å². The number of hydrogen-bond acceptors (Lipinski definition) is 3. The molecule has 2 aromatic rings. The molecule has 2 N–H and O–H groups in total.